The Morgan fingerprint density at radius 3 is 2.30 bits per heavy atom. The molecule has 43 heavy (non-hydrogen) atoms. The average molecular weight is 605 g/mol. The molecule has 0 radical (unpaired) electrons. The Hall–Kier alpha value is -4.09. The number of ether oxygens (including phenoxy) is 2. The van der Waals surface area contributed by atoms with Crippen molar-refractivity contribution in [2.24, 2.45) is 0 Å². The quantitative estimate of drug-likeness (QED) is 0.440. The number of sulfonamides is 1. The van der Waals surface area contributed by atoms with E-state index in [4.69, 9.17) is 9.47 Å². The van der Waals surface area contributed by atoms with Crippen molar-refractivity contribution < 1.29 is 27.5 Å². The molecule has 0 saturated carbocycles. The zero-order valence-electron chi connectivity index (χ0n) is 24.6. The van der Waals surface area contributed by atoms with Crippen molar-refractivity contribution in [2.75, 3.05) is 38.0 Å². The third kappa shape index (κ3) is 5.31. The van der Waals surface area contributed by atoms with E-state index in [1.807, 2.05) is 86.3 Å². The van der Waals surface area contributed by atoms with Gasteiger partial charge in [0.1, 0.15) is 12.1 Å². The highest BCUT2D eigenvalue weighted by Crippen LogP contribution is 2.41. The molecule has 0 unspecified atom stereocenters. The highest BCUT2D eigenvalue weighted by molar-refractivity contribution is 7.89. The van der Waals surface area contributed by atoms with Crippen LogP contribution in [0.3, 0.4) is 0 Å². The zero-order valence-corrected chi connectivity index (χ0v) is 25.4. The van der Waals surface area contributed by atoms with Crippen LogP contribution in [0.2, 0.25) is 0 Å². The van der Waals surface area contributed by atoms with Crippen LogP contribution in [0.4, 0.5) is 5.69 Å². The van der Waals surface area contributed by atoms with Crippen LogP contribution in [0.15, 0.2) is 65.6 Å². The number of para-hydroxylation sites is 1. The van der Waals surface area contributed by atoms with Gasteiger partial charge in [0.25, 0.3) is 0 Å². The fraction of sp³-hybridized carbons (Fsp3) is 0.375. The first-order valence-electron chi connectivity index (χ1n) is 14.4. The number of hydrogen-bond acceptors (Lipinski definition) is 7. The number of carbonyl (C=O) groups is 2. The van der Waals surface area contributed by atoms with Crippen LogP contribution in [-0.2, 0) is 26.2 Å². The molecular weight excluding hydrogens is 568 g/mol. The van der Waals surface area contributed by atoms with E-state index in [2.05, 4.69) is 5.32 Å². The van der Waals surface area contributed by atoms with E-state index >= 15 is 0 Å². The number of hydrogen-bond donors (Lipinski definition) is 1. The third-order valence-electron chi connectivity index (χ3n) is 8.60. The molecule has 3 aliphatic heterocycles. The minimum Gasteiger partial charge on any atom is -0.454 e. The van der Waals surface area contributed by atoms with Crippen LogP contribution < -0.4 is 19.7 Å². The lowest BCUT2D eigenvalue weighted by Gasteiger charge is -2.43. The Bertz CT molecular complexity index is 1650. The van der Waals surface area contributed by atoms with E-state index in [9.17, 15) is 18.0 Å². The van der Waals surface area contributed by atoms with Gasteiger partial charge in [-0.25, -0.2) is 8.42 Å². The molecule has 0 aliphatic carbocycles. The van der Waals surface area contributed by atoms with Crippen molar-refractivity contribution in [3.63, 3.8) is 0 Å². The molecule has 3 aliphatic rings. The summed E-state index contributed by atoms with van der Waals surface area (Å²) in [5.41, 5.74) is 3.24. The predicted molar refractivity (Wildman–Crippen MR) is 161 cm³/mol. The van der Waals surface area contributed by atoms with Gasteiger partial charge in [0.05, 0.1) is 11.6 Å². The molecule has 6 rings (SSSR count). The third-order valence-corrected chi connectivity index (χ3v) is 10.8. The van der Waals surface area contributed by atoms with Crippen LogP contribution in [0.25, 0.3) is 0 Å². The predicted octanol–water partition coefficient (Wildman–Crippen LogP) is 3.49. The van der Waals surface area contributed by atoms with Gasteiger partial charge in [0.2, 0.25) is 28.6 Å². The molecule has 1 spiro atoms. The normalized spacial score (nSPS) is 18.0. The van der Waals surface area contributed by atoms with E-state index in [-0.39, 0.29) is 51.5 Å². The fourth-order valence-corrected chi connectivity index (χ4v) is 8.46. The largest absolute Gasteiger partial charge is 0.454 e. The van der Waals surface area contributed by atoms with Crippen molar-refractivity contribution >= 4 is 27.5 Å². The van der Waals surface area contributed by atoms with E-state index in [1.54, 1.807) is 4.90 Å². The number of nitrogens with one attached hydrogen (secondary N) is 1. The van der Waals surface area contributed by atoms with E-state index < -0.39 is 15.6 Å². The average Bonchev–Trinajstić information content (AvgIpc) is 3.55. The molecule has 0 bridgehead atoms. The van der Waals surface area contributed by atoms with Gasteiger partial charge in [-0.3, -0.25) is 9.59 Å². The molecule has 3 aromatic carbocycles. The lowest BCUT2D eigenvalue weighted by Crippen LogP contribution is -2.57. The molecule has 0 atom stereocenters. The first-order valence-corrected chi connectivity index (χ1v) is 15.9. The Labute approximate surface area is 252 Å². The van der Waals surface area contributed by atoms with Gasteiger partial charge in [0.15, 0.2) is 11.5 Å². The van der Waals surface area contributed by atoms with Crippen molar-refractivity contribution in [2.45, 2.75) is 50.6 Å². The number of carbonyl (C=O) groups excluding carboxylic acids is 2. The summed E-state index contributed by atoms with van der Waals surface area (Å²) in [4.78, 5) is 31.1. The number of piperidine rings is 1. The second-order valence-electron chi connectivity index (χ2n) is 11.5. The number of amides is 2. The Balaban J connectivity index is 1.18. The molecular formula is C32H36N4O6S. The van der Waals surface area contributed by atoms with Crippen molar-refractivity contribution in [3.05, 3.63) is 82.9 Å². The first-order chi connectivity index (χ1) is 20.6. The maximum atomic E-state index is 14.1. The molecule has 1 N–H and O–H groups in total. The van der Waals surface area contributed by atoms with Gasteiger partial charge in [-0.15, -0.1) is 0 Å². The molecule has 3 heterocycles. The van der Waals surface area contributed by atoms with Gasteiger partial charge in [-0.2, -0.15) is 4.31 Å². The maximum Gasteiger partial charge on any atom is 0.250 e. The Morgan fingerprint density at radius 2 is 1.60 bits per heavy atom. The maximum absolute atomic E-state index is 14.1. The lowest BCUT2D eigenvalue weighted by molar-refractivity contribution is -0.137. The van der Waals surface area contributed by atoms with E-state index in [0.717, 1.165) is 27.9 Å². The number of benzene rings is 3. The summed E-state index contributed by atoms with van der Waals surface area (Å²) in [7, 11) is -3.75. The molecule has 11 heteroatoms. The van der Waals surface area contributed by atoms with Gasteiger partial charge in [-0.05, 0) is 74.6 Å². The van der Waals surface area contributed by atoms with E-state index in [0.29, 0.717) is 29.2 Å². The van der Waals surface area contributed by atoms with Crippen molar-refractivity contribution in [3.8, 4) is 11.5 Å². The minimum absolute atomic E-state index is 0.0990. The van der Waals surface area contributed by atoms with Gasteiger partial charge >= 0.3 is 0 Å². The van der Waals surface area contributed by atoms with Crippen LogP contribution >= 0.6 is 0 Å². The van der Waals surface area contributed by atoms with Crippen molar-refractivity contribution in [1.29, 1.82) is 0 Å². The molecule has 3 aromatic rings. The Morgan fingerprint density at radius 1 is 0.930 bits per heavy atom. The lowest BCUT2D eigenvalue weighted by atomic mass is 9.86. The monoisotopic (exact) mass is 604 g/mol. The molecule has 2 fully saturated rings. The smallest absolute Gasteiger partial charge is 0.250 e. The first kappa shape index (κ1) is 29.0. The summed E-state index contributed by atoms with van der Waals surface area (Å²) in [5.74, 6) is 0.880. The molecule has 10 nitrogen and oxygen atoms in total. The highest BCUT2D eigenvalue weighted by Gasteiger charge is 2.55. The van der Waals surface area contributed by atoms with Crippen molar-refractivity contribution in [1.82, 2.24) is 14.5 Å². The number of nitrogens with zero attached hydrogens (tertiary/aromatic N) is 3. The standard InChI is InChI=1S/C32H36N4O6S/c1-22-15-23(2)30(24(3)16-22)43(39,40)35-13-11-32(12-14-35)31(38)34(20-36(32)26-7-5-4-6-8-26)19-29(37)33-18-25-9-10-27-28(17-25)42-21-41-27/h4-10,15-17H,11-14,18-21H2,1-3H3,(H,33,37). The molecule has 0 aromatic heterocycles. The second-order valence-corrected chi connectivity index (χ2v) is 13.4. The summed E-state index contributed by atoms with van der Waals surface area (Å²) < 4.78 is 39.8. The SMILES string of the molecule is Cc1cc(C)c(S(=O)(=O)N2CCC3(CC2)C(=O)N(CC(=O)NCc2ccc4c(c2)OCO4)CN3c2ccccc2)c(C)c1. The van der Waals surface area contributed by atoms with Gasteiger partial charge in [0, 0.05) is 25.3 Å². The van der Waals surface area contributed by atoms with Gasteiger partial charge < -0.3 is 24.6 Å². The number of anilines is 1. The highest BCUT2D eigenvalue weighted by atomic mass is 32.2. The summed E-state index contributed by atoms with van der Waals surface area (Å²) >= 11 is 0. The van der Waals surface area contributed by atoms with Crippen LogP contribution in [-0.4, -0.2) is 68.1 Å². The summed E-state index contributed by atoms with van der Waals surface area (Å²) in [6, 6.07) is 18.9. The van der Waals surface area contributed by atoms with Crippen LogP contribution in [0.5, 0.6) is 11.5 Å². The van der Waals surface area contributed by atoms with E-state index in [1.165, 1.54) is 4.31 Å². The number of aryl methyl sites for hydroxylation is 3. The van der Waals surface area contributed by atoms with Crippen LogP contribution in [0, 0.1) is 20.8 Å². The molecule has 2 amide bonds. The summed E-state index contributed by atoms with van der Waals surface area (Å²) in [6.45, 7) is 6.61. The number of rotatable bonds is 7. The Kier molecular flexibility index (Phi) is 7.55. The number of fused-ring (bicyclic) bond motifs is 1. The molecule has 226 valence electrons. The topological polar surface area (TPSA) is 108 Å². The molecule has 2 saturated heterocycles. The second kappa shape index (κ2) is 11.2. The van der Waals surface area contributed by atoms with Crippen LogP contribution in [0.1, 0.15) is 35.1 Å². The van der Waals surface area contributed by atoms with Gasteiger partial charge in [-0.1, -0.05) is 42.0 Å². The fourth-order valence-electron chi connectivity index (χ4n) is 6.60. The minimum atomic E-state index is -3.75. The summed E-state index contributed by atoms with van der Waals surface area (Å²) in [6.07, 6.45) is 0.637. The zero-order chi connectivity index (χ0) is 30.4. The summed E-state index contributed by atoms with van der Waals surface area (Å²) in [5, 5.41) is 2.91.